The maximum absolute atomic E-state index is 11.6. The molecule has 2 rings (SSSR count). The number of aromatic nitrogens is 1. The summed E-state index contributed by atoms with van der Waals surface area (Å²) in [5.74, 6) is 0.339. The zero-order valence-corrected chi connectivity index (χ0v) is 12.3. The number of thiazole rings is 1. The molecular formula is C12H16ClN3O2S. The van der Waals surface area contributed by atoms with Gasteiger partial charge in [-0.2, -0.15) is 0 Å². The summed E-state index contributed by atoms with van der Waals surface area (Å²) in [6.45, 7) is 0.695. The van der Waals surface area contributed by atoms with Crippen molar-refractivity contribution in [1.82, 2.24) is 14.8 Å². The van der Waals surface area contributed by atoms with Crippen molar-refractivity contribution in [2.24, 2.45) is 0 Å². The minimum absolute atomic E-state index is 0.105. The molecule has 0 atom stereocenters. The van der Waals surface area contributed by atoms with Crippen molar-refractivity contribution in [2.45, 2.75) is 25.1 Å². The van der Waals surface area contributed by atoms with Gasteiger partial charge in [-0.15, -0.1) is 22.9 Å². The van der Waals surface area contributed by atoms with Gasteiger partial charge in [0, 0.05) is 19.0 Å². The van der Waals surface area contributed by atoms with E-state index in [0.29, 0.717) is 12.4 Å². The summed E-state index contributed by atoms with van der Waals surface area (Å²) >= 11 is 7.30. The highest BCUT2D eigenvalue weighted by atomic mass is 35.5. The first kappa shape index (κ1) is 14.3. The van der Waals surface area contributed by atoms with Crippen LogP contribution in [0, 0.1) is 0 Å². The highest BCUT2D eigenvalue weighted by Crippen LogP contribution is 2.15. The van der Waals surface area contributed by atoms with Crippen molar-refractivity contribution in [1.29, 1.82) is 0 Å². The summed E-state index contributed by atoms with van der Waals surface area (Å²) in [7, 11) is 1.64. The maximum atomic E-state index is 11.6. The average Bonchev–Trinajstić information content (AvgIpc) is 2.93. The van der Waals surface area contributed by atoms with E-state index in [1.807, 2.05) is 5.38 Å². The smallest absolute Gasteiger partial charge is 0.318 e. The fourth-order valence-electron chi connectivity index (χ4n) is 1.96. The first-order chi connectivity index (χ1) is 9.11. The van der Waals surface area contributed by atoms with E-state index in [0.717, 1.165) is 30.0 Å². The number of imide groups is 1. The van der Waals surface area contributed by atoms with Crippen molar-refractivity contribution < 1.29 is 9.59 Å². The van der Waals surface area contributed by atoms with E-state index in [9.17, 15) is 9.59 Å². The second-order valence-corrected chi connectivity index (χ2v) is 5.72. The van der Waals surface area contributed by atoms with Gasteiger partial charge in [0.25, 0.3) is 0 Å². The Morgan fingerprint density at radius 2 is 2.21 bits per heavy atom. The monoisotopic (exact) mass is 301 g/mol. The van der Waals surface area contributed by atoms with E-state index in [4.69, 9.17) is 11.6 Å². The van der Waals surface area contributed by atoms with Crippen LogP contribution in [-0.4, -0.2) is 46.9 Å². The third kappa shape index (κ3) is 3.45. The van der Waals surface area contributed by atoms with Crippen LogP contribution in [0.25, 0.3) is 0 Å². The molecule has 104 valence electrons. The normalized spacial score (nSPS) is 15.7. The Balaban J connectivity index is 1.72. The number of hydrogen-bond acceptors (Lipinski definition) is 4. The Hall–Kier alpha value is -1.14. The molecule has 5 nitrogen and oxygen atoms in total. The number of rotatable bonds is 6. The van der Waals surface area contributed by atoms with E-state index in [1.54, 1.807) is 18.4 Å². The molecule has 3 amide bonds. The molecule has 19 heavy (non-hydrogen) atoms. The van der Waals surface area contributed by atoms with Crippen molar-refractivity contribution in [3.63, 3.8) is 0 Å². The number of likely N-dealkylation sites (N-methyl/N-ethyl adjacent to an activating group) is 1. The van der Waals surface area contributed by atoms with Gasteiger partial charge in [-0.05, 0) is 19.3 Å². The molecule has 1 aliphatic rings. The van der Waals surface area contributed by atoms with Gasteiger partial charge in [-0.25, -0.2) is 9.78 Å². The fraction of sp³-hybridized carbons (Fsp3) is 0.583. The standard InChI is InChI=1S/C12H16ClN3O2S/c1-15-7-11(17)16(12(15)18)5-3-2-4-10-14-9(6-13)8-19-10/h8H,2-7H2,1H3. The number of halogens is 1. The molecule has 0 aromatic carbocycles. The number of alkyl halides is 1. The SMILES string of the molecule is CN1CC(=O)N(CCCCc2nc(CCl)cs2)C1=O. The lowest BCUT2D eigenvalue weighted by Crippen LogP contribution is -2.32. The topological polar surface area (TPSA) is 53.5 Å². The van der Waals surface area contributed by atoms with Gasteiger partial charge in [0.1, 0.15) is 6.54 Å². The van der Waals surface area contributed by atoms with Crippen LogP contribution >= 0.6 is 22.9 Å². The molecule has 1 saturated heterocycles. The van der Waals surface area contributed by atoms with Gasteiger partial charge in [-0.1, -0.05) is 0 Å². The predicted molar refractivity (Wildman–Crippen MR) is 74.3 cm³/mol. The van der Waals surface area contributed by atoms with Crippen LogP contribution < -0.4 is 0 Å². The molecule has 1 aromatic rings. The molecule has 2 heterocycles. The van der Waals surface area contributed by atoms with Crippen LogP contribution in [0.1, 0.15) is 23.5 Å². The molecule has 0 aliphatic carbocycles. The van der Waals surface area contributed by atoms with Gasteiger partial charge >= 0.3 is 6.03 Å². The third-order valence-electron chi connectivity index (χ3n) is 2.99. The summed E-state index contributed by atoms with van der Waals surface area (Å²) in [6, 6.07) is -0.191. The number of hydrogen-bond donors (Lipinski definition) is 0. The first-order valence-corrected chi connectivity index (χ1v) is 7.58. The van der Waals surface area contributed by atoms with E-state index in [1.165, 1.54) is 9.80 Å². The number of carbonyl (C=O) groups excluding carboxylic acids is 2. The van der Waals surface area contributed by atoms with Crippen molar-refractivity contribution in [2.75, 3.05) is 20.1 Å². The molecule has 0 radical (unpaired) electrons. The maximum Gasteiger partial charge on any atom is 0.326 e. The number of carbonyl (C=O) groups is 2. The molecule has 0 N–H and O–H groups in total. The lowest BCUT2D eigenvalue weighted by atomic mass is 10.2. The van der Waals surface area contributed by atoms with Gasteiger partial charge in [-0.3, -0.25) is 9.69 Å². The Labute approximate surface area is 121 Å². The van der Waals surface area contributed by atoms with Crippen molar-refractivity contribution in [3.8, 4) is 0 Å². The molecule has 7 heteroatoms. The minimum atomic E-state index is -0.191. The van der Waals surface area contributed by atoms with E-state index >= 15 is 0 Å². The summed E-state index contributed by atoms with van der Waals surface area (Å²) in [4.78, 5) is 30.3. The molecule has 0 spiro atoms. The van der Waals surface area contributed by atoms with Gasteiger partial charge < -0.3 is 4.90 Å². The summed E-state index contributed by atoms with van der Waals surface area (Å²) < 4.78 is 0. The highest BCUT2D eigenvalue weighted by Gasteiger charge is 2.32. The second-order valence-electron chi connectivity index (χ2n) is 4.51. The molecule has 1 fully saturated rings. The third-order valence-corrected chi connectivity index (χ3v) is 4.22. The minimum Gasteiger partial charge on any atom is -0.318 e. The van der Waals surface area contributed by atoms with Crippen LogP contribution in [0.3, 0.4) is 0 Å². The van der Waals surface area contributed by atoms with E-state index < -0.39 is 0 Å². The summed E-state index contributed by atoms with van der Waals surface area (Å²) in [5, 5.41) is 3.03. The molecule has 0 bridgehead atoms. The Bertz CT molecular complexity index is 477. The van der Waals surface area contributed by atoms with E-state index in [-0.39, 0.29) is 18.5 Å². The Morgan fingerprint density at radius 3 is 2.79 bits per heavy atom. The van der Waals surface area contributed by atoms with Crippen LogP contribution in [0.4, 0.5) is 4.79 Å². The average molecular weight is 302 g/mol. The number of aryl methyl sites for hydroxylation is 1. The number of unbranched alkanes of at least 4 members (excludes halogenated alkanes) is 1. The lowest BCUT2D eigenvalue weighted by molar-refractivity contribution is -0.125. The summed E-state index contributed by atoms with van der Waals surface area (Å²) in [6.07, 6.45) is 2.59. The Morgan fingerprint density at radius 1 is 1.42 bits per heavy atom. The fourth-order valence-corrected chi connectivity index (χ4v) is 3.03. The van der Waals surface area contributed by atoms with Crippen molar-refractivity contribution in [3.05, 3.63) is 16.1 Å². The Kier molecular flexibility index (Phi) is 4.76. The van der Waals surface area contributed by atoms with Crippen LogP contribution in [0.5, 0.6) is 0 Å². The lowest BCUT2D eigenvalue weighted by Gasteiger charge is -2.13. The highest BCUT2D eigenvalue weighted by molar-refractivity contribution is 7.09. The van der Waals surface area contributed by atoms with Crippen molar-refractivity contribution >= 4 is 34.9 Å². The molecule has 0 unspecified atom stereocenters. The number of nitrogens with zero attached hydrogens (tertiary/aromatic N) is 3. The first-order valence-electron chi connectivity index (χ1n) is 6.16. The second kappa shape index (κ2) is 6.34. The predicted octanol–water partition coefficient (Wildman–Crippen LogP) is 2.10. The zero-order chi connectivity index (χ0) is 13.8. The van der Waals surface area contributed by atoms with Gasteiger partial charge in [0.05, 0.1) is 16.6 Å². The number of amides is 3. The van der Waals surface area contributed by atoms with Crippen LogP contribution in [0.2, 0.25) is 0 Å². The quantitative estimate of drug-likeness (QED) is 0.459. The van der Waals surface area contributed by atoms with E-state index in [2.05, 4.69) is 4.98 Å². The molecule has 0 saturated carbocycles. The molecule has 1 aromatic heterocycles. The van der Waals surface area contributed by atoms with Gasteiger partial charge in [0.15, 0.2) is 0 Å². The van der Waals surface area contributed by atoms with Crippen LogP contribution in [0.15, 0.2) is 5.38 Å². The van der Waals surface area contributed by atoms with Crippen LogP contribution in [-0.2, 0) is 17.1 Å². The summed E-state index contributed by atoms with van der Waals surface area (Å²) in [5.41, 5.74) is 0.910. The molecule has 1 aliphatic heterocycles. The number of urea groups is 1. The molecular weight excluding hydrogens is 286 g/mol. The largest absolute Gasteiger partial charge is 0.326 e. The van der Waals surface area contributed by atoms with Gasteiger partial charge in [0.2, 0.25) is 5.91 Å². The zero-order valence-electron chi connectivity index (χ0n) is 10.8.